The third-order valence-electron chi connectivity index (χ3n) is 3.84. The van der Waals surface area contributed by atoms with Crippen molar-refractivity contribution in [1.29, 1.82) is 0 Å². The average molecular weight is 342 g/mol. The maximum atomic E-state index is 11.8. The van der Waals surface area contributed by atoms with Crippen LogP contribution in [0.2, 0.25) is 0 Å². The van der Waals surface area contributed by atoms with Gasteiger partial charge in [0.2, 0.25) is 0 Å². The van der Waals surface area contributed by atoms with Gasteiger partial charge < -0.3 is 14.8 Å². The molecule has 0 spiro atoms. The van der Waals surface area contributed by atoms with Crippen molar-refractivity contribution in [2.75, 3.05) is 24.4 Å². The number of methoxy groups -OCH3 is 1. The Hall–Kier alpha value is -2.69. The molecular weight excluding hydrogens is 316 g/mol. The van der Waals surface area contributed by atoms with Crippen LogP contribution < -0.4 is 15.4 Å². The smallest absolute Gasteiger partial charge is 0.411 e. The summed E-state index contributed by atoms with van der Waals surface area (Å²) in [6, 6.07) is 12.0. The Bertz CT molecular complexity index is 688. The summed E-state index contributed by atoms with van der Waals surface area (Å²) in [6.07, 6.45) is 0.401. The second kappa shape index (κ2) is 8.97. The van der Waals surface area contributed by atoms with Gasteiger partial charge in [-0.1, -0.05) is 19.1 Å². The Morgan fingerprint density at radius 2 is 1.72 bits per heavy atom. The fourth-order valence-corrected chi connectivity index (χ4v) is 2.60. The molecule has 0 aliphatic heterocycles. The number of aryl methyl sites for hydroxylation is 2. The minimum absolute atomic E-state index is 0.405. The number of anilines is 2. The molecule has 0 saturated carbocycles. The van der Waals surface area contributed by atoms with Gasteiger partial charge in [-0.15, -0.1) is 0 Å². The highest BCUT2D eigenvalue weighted by molar-refractivity contribution is 5.86. The molecule has 134 valence electrons. The summed E-state index contributed by atoms with van der Waals surface area (Å²) in [5, 5.41) is 6.22. The van der Waals surface area contributed by atoms with Crippen LogP contribution in [-0.2, 0) is 11.3 Å². The van der Waals surface area contributed by atoms with E-state index in [-0.39, 0.29) is 0 Å². The fourth-order valence-electron chi connectivity index (χ4n) is 2.60. The minimum atomic E-state index is -0.405. The molecule has 0 aliphatic carbocycles. The molecule has 2 aromatic carbocycles. The first-order chi connectivity index (χ1) is 12.0. The van der Waals surface area contributed by atoms with Crippen LogP contribution in [0.1, 0.15) is 30.0 Å². The molecule has 25 heavy (non-hydrogen) atoms. The van der Waals surface area contributed by atoms with Crippen molar-refractivity contribution in [3.05, 3.63) is 53.1 Å². The minimum Gasteiger partial charge on any atom is -0.497 e. The van der Waals surface area contributed by atoms with Crippen LogP contribution in [-0.4, -0.2) is 19.8 Å². The van der Waals surface area contributed by atoms with E-state index >= 15 is 0 Å². The predicted molar refractivity (Wildman–Crippen MR) is 101 cm³/mol. The van der Waals surface area contributed by atoms with E-state index in [2.05, 4.69) is 22.8 Å². The summed E-state index contributed by atoms with van der Waals surface area (Å²) < 4.78 is 10.2. The van der Waals surface area contributed by atoms with E-state index in [1.165, 1.54) is 0 Å². The number of hydrogen-bond acceptors (Lipinski definition) is 4. The van der Waals surface area contributed by atoms with Gasteiger partial charge in [0.15, 0.2) is 0 Å². The molecule has 0 unspecified atom stereocenters. The molecule has 5 heteroatoms. The van der Waals surface area contributed by atoms with Gasteiger partial charge in [-0.05, 0) is 61.2 Å². The second-order valence-corrected chi connectivity index (χ2v) is 5.95. The van der Waals surface area contributed by atoms with Crippen LogP contribution in [0, 0.1) is 13.8 Å². The molecule has 0 aliphatic rings. The van der Waals surface area contributed by atoms with E-state index in [1.807, 2.05) is 45.0 Å². The first-order valence-corrected chi connectivity index (χ1v) is 8.45. The molecule has 0 atom stereocenters. The molecule has 5 nitrogen and oxygen atoms in total. The largest absolute Gasteiger partial charge is 0.497 e. The number of benzene rings is 2. The molecule has 0 bridgehead atoms. The van der Waals surface area contributed by atoms with Crippen LogP contribution in [0.25, 0.3) is 0 Å². The van der Waals surface area contributed by atoms with Crippen LogP contribution in [0.3, 0.4) is 0 Å². The second-order valence-electron chi connectivity index (χ2n) is 5.95. The van der Waals surface area contributed by atoms with Gasteiger partial charge >= 0.3 is 6.09 Å². The molecule has 0 aromatic heterocycles. The lowest BCUT2D eigenvalue weighted by Gasteiger charge is -2.15. The number of nitrogens with one attached hydrogen (secondary N) is 2. The van der Waals surface area contributed by atoms with Crippen molar-refractivity contribution in [1.82, 2.24) is 0 Å². The van der Waals surface area contributed by atoms with E-state index in [4.69, 9.17) is 9.47 Å². The van der Waals surface area contributed by atoms with Crippen molar-refractivity contribution in [3.63, 3.8) is 0 Å². The number of carbonyl (C=O) groups is 1. The van der Waals surface area contributed by atoms with Crippen LogP contribution in [0.15, 0.2) is 36.4 Å². The van der Waals surface area contributed by atoms with Gasteiger partial charge in [0.25, 0.3) is 0 Å². The zero-order chi connectivity index (χ0) is 18.2. The number of rotatable bonds is 7. The highest BCUT2D eigenvalue weighted by Gasteiger charge is 2.10. The lowest BCUT2D eigenvalue weighted by molar-refractivity contribution is 0.161. The molecule has 2 rings (SSSR count). The van der Waals surface area contributed by atoms with Crippen molar-refractivity contribution >= 4 is 17.5 Å². The van der Waals surface area contributed by atoms with Crippen molar-refractivity contribution in [3.8, 4) is 5.75 Å². The summed E-state index contributed by atoms with van der Waals surface area (Å²) >= 11 is 0. The van der Waals surface area contributed by atoms with Crippen LogP contribution in [0.5, 0.6) is 5.75 Å². The fraction of sp³-hybridized carbons (Fsp3) is 0.350. The van der Waals surface area contributed by atoms with E-state index in [1.54, 1.807) is 7.11 Å². The van der Waals surface area contributed by atoms with E-state index in [0.29, 0.717) is 13.2 Å². The van der Waals surface area contributed by atoms with Gasteiger partial charge in [-0.2, -0.15) is 0 Å². The summed E-state index contributed by atoms with van der Waals surface area (Å²) in [6.45, 7) is 7.06. The Labute approximate surface area is 149 Å². The molecular formula is C20H26N2O3. The number of hydrogen-bond donors (Lipinski definition) is 2. The molecule has 2 N–H and O–H groups in total. The monoisotopic (exact) mass is 342 g/mol. The van der Waals surface area contributed by atoms with Gasteiger partial charge in [-0.3, -0.25) is 5.32 Å². The maximum Gasteiger partial charge on any atom is 0.411 e. The standard InChI is InChI=1S/C20H26N2O3/c1-5-10-25-20(23)22-19-14(2)11-16(12-15(19)3)13-21-17-6-8-18(24-4)9-7-17/h6-9,11-12,21H,5,10,13H2,1-4H3,(H,22,23). The zero-order valence-corrected chi connectivity index (χ0v) is 15.3. The highest BCUT2D eigenvalue weighted by Crippen LogP contribution is 2.23. The summed E-state index contributed by atoms with van der Waals surface area (Å²) in [5.74, 6) is 0.836. The SMILES string of the molecule is CCCOC(=O)Nc1c(C)cc(CNc2ccc(OC)cc2)cc1C. The molecule has 1 amide bonds. The molecule has 0 saturated heterocycles. The third-order valence-corrected chi connectivity index (χ3v) is 3.84. The summed E-state index contributed by atoms with van der Waals surface area (Å²) in [4.78, 5) is 11.8. The van der Waals surface area contributed by atoms with Gasteiger partial charge in [0, 0.05) is 17.9 Å². The first-order valence-electron chi connectivity index (χ1n) is 8.45. The Kier molecular flexibility index (Phi) is 6.69. The number of ether oxygens (including phenoxy) is 2. The van der Waals surface area contributed by atoms with Crippen LogP contribution >= 0.6 is 0 Å². The zero-order valence-electron chi connectivity index (χ0n) is 15.3. The van der Waals surface area contributed by atoms with Gasteiger partial charge in [-0.25, -0.2) is 4.79 Å². The molecule has 0 fully saturated rings. The Morgan fingerprint density at radius 1 is 1.08 bits per heavy atom. The van der Waals surface area contributed by atoms with Crippen molar-refractivity contribution in [2.45, 2.75) is 33.7 Å². The van der Waals surface area contributed by atoms with E-state index < -0.39 is 6.09 Å². The molecule has 0 heterocycles. The summed E-state index contributed by atoms with van der Waals surface area (Å²) in [7, 11) is 1.65. The van der Waals surface area contributed by atoms with Gasteiger partial charge in [0.05, 0.1) is 13.7 Å². The van der Waals surface area contributed by atoms with Crippen molar-refractivity contribution < 1.29 is 14.3 Å². The lowest BCUT2D eigenvalue weighted by Crippen LogP contribution is -2.16. The quantitative estimate of drug-likeness (QED) is 0.753. The first kappa shape index (κ1) is 18.6. The third kappa shape index (κ3) is 5.41. The normalized spacial score (nSPS) is 10.2. The van der Waals surface area contributed by atoms with Crippen LogP contribution in [0.4, 0.5) is 16.2 Å². The summed E-state index contributed by atoms with van der Waals surface area (Å²) in [5.41, 5.74) is 5.02. The number of carbonyl (C=O) groups excluding carboxylic acids is 1. The van der Waals surface area contributed by atoms with E-state index in [0.717, 1.165) is 40.2 Å². The molecule has 0 radical (unpaired) electrons. The van der Waals surface area contributed by atoms with Crippen molar-refractivity contribution in [2.24, 2.45) is 0 Å². The lowest BCUT2D eigenvalue weighted by atomic mass is 10.0. The van der Waals surface area contributed by atoms with Gasteiger partial charge in [0.1, 0.15) is 5.75 Å². The highest BCUT2D eigenvalue weighted by atomic mass is 16.5. The average Bonchev–Trinajstić information content (AvgIpc) is 2.61. The maximum absolute atomic E-state index is 11.8. The topological polar surface area (TPSA) is 59.6 Å². The van der Waals surface area contributed by atoms with E-state index in [9.17, 15) is 4.79 Å². The predicted octanol–water partition coefficient (Wildman–Crippen LogP) is 4.88. The Morgan fingerprint density at radius 3 is 2.28 bits per heavy atom. The number of amides is 1. The Balaban J connectivity index is 2.01. The molecule has 2 aromatic rings.